The van der Waals surface area contributed by atoms with Crippen LogP contribution in [0.25, 0.3) is 53.9 Å². The molecule has 56 heavy (non-hydrogen) atoms. The minimum absolute atomic E-state index is 0.0842. The second-order valence-corrected chi connectivity index (χ2v) is 18.6. The highest BCUT2D eigenvalue weighted by molar-refractivity contribution is 6.46. The van der Waals surface area contributed by atoms with Gasteiger partial charge in [-0.2, -0.15) is 0 Å². The molecule has 6 aromatic rings. The van der Waals surface area contributed by atoms with Gasteiger partial charge in [0.2, 0.25) is 0 Å². The molecule has 5 nitrogen and oxygen atoms in total. The van der Waals surface area contributed by atoms with Crippen LogP contribution in [0.2, 0.25) is 0 Å². The number of carbonyl (C=O) groups excluding carboxylic acids is 4. The lowest BCUT2D eigenvalue weighted by Gasteiger charge is -2.28. The monoisotopic (exact) mass is 743 g/mol. The third kappa shape index (κ3) is 5.42. The highest BCUT2D eigenvalue weighted by Crippen LogP contribution is 2.53. The van der Waals surface area contributed by atoms with Gasteiger partial charge in [-0.3, -0.25) is 19.2 Å². The van der Waals surface area contributed by atoms with Crippen LogP contribution in [-0.4, -0.2) is 47.7 Å². The van der Waals surface area contributed by atoms with E-state index in [2.05, 4.69) is 35.2 Å². The van der Waals surface area contributed by atoms with E-state index in [4.69, 9.17) is 0 Å². The first-order valence-corrected chi connectivity index (χ1v) is 22.3. The minimum atomic E-state index is -0.333. The van der Waals surface area contributed by atoms with E-state index in [1.807, 2.05) is 6.07 Å². The SMILES string of the molecule is O=C1CC(=O)c2cc3cc(CCC4CCCCC4)c4cc5c6c(cc(C7CCCCCC7)c7c8ccc1c2c8c3c4c67)C(=O)[C@H](CCN1CCCCC1)CC5=O. The third-order valence-electron chi connectivity index (χ3n) is 15.3. The first-order valence-electron chi connectivity index (χ1n) is 22.3. The average molecular weight is 744 g/mol. The molecule has 0 unspecified atom stereocenters. The number of aryl methyl sites for hydroxylation is 1. The van der Waals surface area contributed by atoms with Crippen LogP contribution in [0.15, 0.2) is 36.4 Å². The van der Waals surface area contributed by atoms with E-state index >= 15 is 4.79 Å². The van der Waals surface area contributed by atoms with Crippen LogP contribution >= 0.6 is 0 Å². The predicted octanol–water partition coefficient (Wildman–Crippen LogP) is 12.3. The molecular formula is C51H53NO4. The lowest BCUT2D eigenvalue weighted by Crippen LogP contribution is -2.32. The number of hydrogen-bond acceptors (Lipinski definition) is 5. The van der Waals surface area contributed by atoms with Crippen molar-refractivity contribution in [1.82, 2.24) is 4.90 Å². The van der Waals surface area contributed by atoms with Crippen LogP contribution in [0, 0.1) is 11.8 Å². The Balaban J connectivity index is 1.24. The summed E-state index contributed by atoms with van der Waals surface area (Å²) in [6.45, 7) is 3.02. The molecule has 0 spiro atoms. The standard InChI is InChI=1S/C51H53NO4/c53-41-25-32(19-22-52-20-9-4-10-21-52)51(56)40-27-36(30-13-7-1-2-8-14-30)46-35-18-17-34-42(54)28-43(55)38-24-33-23-31(16-15-29-11-5-3-6-12-29)37-26-39(41)47(40)50(46)49(37)44(33)48(35)45(34)38/h17-18,23-24,26-27,29-30,32H,1-16,19-22,25,28H2/t32-/m1/s1. The van der Waals surface area contributed by atoms with E-state index in [-0.39, 0.29) is 41.9 Å². The Hall–Kier alpha value is -4.22. The van der Waals surface area contributed by atoms with Crippen molar-refractivity contribution < 1.29 is 19.2 Å². The van der Waals surface area contributed by atoms with Crippen LogP contribution in [0.4, 0.5) is 0 Å². The van der Waals surface area contributed by atoms with Crippen molar-refractivity contribution in [3.8, 4) is 0 Å². The van der Waals surface area contributed by atoms with E-state index in [0.29, 0.717) is 29.4 Å². The molecule has 5 heteroatoms. The molecule has 1 saturated heterocycles. The number of fused-ring (bicyclic) bond motifs is 1. The van der Waals surface area contributed by atoms with Crippen LogP contribution in [0.5, 0.6) is 0 Å². The lowest BCUT2D eigenvalue weighted by atomic mass is 9.74. The van der Waals surface area contributed by atoms with Crippen LogP contribution in [0.3, 0.4) is 0 Å². The Morgan fingerprint density at radius 2 is 1.21 bits per heavy atom. The molecule has 1 heterocycles. The summed E-state index contributed by atoms with van der Waals surface area (Å²) in [5.74, 6) is 0.721. The highest BCUT2D eigenvalue weighted by atomic mass is 16.2. The van der Waals surface area contributed by atoms with Crippen LogP contribution in [0.1, 0.15) is 174 Å². The van der Waals surface area contributed by atoms with Gasteiger partial charge in [-0.05, 0) is 149 Å². The quantitative estimate of drug-likeness (QED) is 0.0704. The normalized spacial score (nSPS) is 22.1. The molecule has 0 amide bonds. The zero-order valence-corrected chi connectivity index (χ0v) is 32.8. The summed E-state index contributed by atoms with van der Waals surface area (Å²) >= 11 is 0. The zero-order chi connectivity index (χ0) is 37.7. The highest BCUT2D eigenvalue weighted by Gasteiger charge is 2.37. The number of hydrogen-bond donors (Lipinski definition) is 0. The number of piperidine rings is 1. The van der Waals surface area contributed by atoms with Crippen molar-refractivity contribution in [2.45, 2.75) is 128 Å². The molecule has 3 fully saturated rings. The Kier molecular flexibility index (Phi) is 8.57. The predicted molar refractivity (Wildman–Crippen MR) is 227 cm³/mol. The van der Waals surface area contributed by atoms with Gasteiger partial charge >= 0.3 is 0 Å². The van der Waals surface area contributed by atoms with Crippen molar-refractivity contribution in [1.29, 1.82) is 0 Å². The van der Waals surface area contributed by atoms with Gasteiger partial charge in [0.05, 0.1) is 6.42 Å². The number of carbonyl (C=O) groups is 4. The molecule has 0 N–H and O–H groups in total. The number of ketones is 4. The fourth-order valence-corrected chi connectivity index (χ4v) is 12.5. The van der Waals surface area contributed by atoms with E-state index in [0.717, 1.165) is 123 Å². The van der Waals surface area contributed by atoms with Gasteiger partial charge < -0.3 is 4.90 Å². The van der Waals surface area contributed by atoms with Gasteiger partial charge in [-0.1, -0.05) is 82.4 Å². The summed E-state index contributed by atoms with van der Waals surface area (Å²) in [6, 6.07) is 12.9. The Bertz CT molecular complexity index is 2590. The maximum absolute atomic E-state index is 15.2. The molecule has 286 valence electrons. The second kappa shape index (κ2) is 13.7. The van der Waals surface area contributed by atoms with Crippen molar-refractivity contribution in [2.75, 3.05) is 19.6 Å². The zero-order valence-electron chi connectivity index (χ0n) is 32.8. The molecule has 1 atom stereocenters. The third-order valence-corrected chi connectivity index (χ3v) is 15.3. The number of benzene rings is 6. The second-order valence-electron chi connectivity index (χ2n) is 18.6. The Morgan fingerprint density at radius 1 is 0.536 bits per heavy atom. The molecular weight excluding hydrogens is 691 g/mol. The molecule has 2 saturated carbocycles. The van der Waals surface area contributed by atoms with Gasteiger partial charge in [-0.15, -0.1) is 0 Å². The number of rotatable bonds is 7. The maximum atomic E-state index is 15.2. The van der Waals surface area contributed by atoms with Crippen molar-refractivity contribution in [2.24, 2.45) is 11.8 Å². The summed E-state index contributed by atoms with van der Waals surface area (Å²) < 4.78 is 0. The van der Waals surface area contributed by atoms with E-state index in [1.165, 1.54) is 75.3 Å². The summed E-state index contributed by atoms with van der Waals surface area (Å²) in [5, 5.41) is 10.4. The topological polar surface area (TPSA) is 71.5 Å². The molecule has 0 aromatic heterocycles. The number of likely N-dealkylation sites (tertiary alicyclic amines) is 1. The lowest BCUT2D eigenvalue weighted by molar-refractivity contribution is 0.0838. The van der Waals surface area contributed by atoms with Gasteiger partial charge in [-0.25, -0.2) is 0 Å². The van der Waals surface area contributed by atoms with Gasteiger partial charge in [0.15, 0.2) is 23.1 Å². The van der Waals surface area contributed by atoms with Crippen molar-refractivity contribution in [3.63, 3.8) is 0 Å². The smallest absolute Gasteiger partial charge is 0.171 e. The van der Waals surface area contributed by atoms with Crippen LogP contribution in [-0.2, 0) is 6.42 Å². The Morgan fingerprint density at radius 3 is 2.02 bits per heavy atom. The Labute approximate surface area is 329 Å². The summed E-state index contributed by atoms with van der Waals surface area (Å²) in [6.07, 6.45) is 20.0. The number of nitrogens with zero attached hydrogens (tertiary/aromatic N) is 1. The fraction of sp³-hybridized carbons (Fsp3) is 0.490. The molecule has 4 aliphatic carbocycles. The average Bonchev–Trinajstić information content (AvgIpc) is 3.56. The fourth-order valence-electron chi connectivity index (χ4n) is 12.5. The molecule has 0 bridgehead atoms. The maximum Gasteiger partial charge on any atom is 0.171 e. The van der Waals surface area contributed by atoms with E-state index in [1.54, 1.807) is 0 Å². The molecule has 11 rings (SSSR count). The van der Waals surface area contributed by atoms with E-state index < -0.39 is 0 Å². The number of Topliss-reactive ketones (excluding diaryl/α,β-unsaturated/α-hetero) is 4. The molecule has 0 radical (unpaired) electrons. The van der Waals surface area contributed by atoms with Gasteiger partial charge in [0.1, 0.15) is 0 Å². The van der Waals surface area contributed by atoms with Crippen molar-refractivity contribution in [3.05, 3.63) is 69.8 Å². The molecule has 6 aromatic carbocycles. The van der Waals surface area contributed by atoms with Crippen LogP contribution < -0.4 is 0 Å². The van der Waals surface area contributed by atoms with Crippen molar-refractivity contribution >= 4 is 77.0 Å². The largest absolute Gasteiger partial charge is 0.303 e. The first kappa shape index (κ1) is 35.0. The van der Waals surface area contributed by atoms with Gasteiger partial charge in [0, 0.05) is 45.4 Å². The van der Waals surface area contributed by atoms with Gasteiger partial charge in [0.25, 0.3) is 0 Å². The molecule has 5 aliphatic rings. The van der Waals surface area contributed by atoms with E-state index in [9.17, 15) is 14.4 Å². The summed E-state index contributed by atoms with van der Waals surface area (Å²) in [4.78, 5) is 59.9. The first-order chi connectivity index (χ1) is 27.4. The molecule has 1 aliphatic heterocycles. The minimum Gasteiger partial charge on any atom is -0.303 e. The summed E-state index contributed by atoms with van der Waals surface area (Å²) in [5.41, 5.74) is 5.30. The summed E-state index contributed by atoms with van der Waals surface area (Å²) in [7, 11) is 0.